The summed E-state index contributed by atoms with van der Waals surface area (Å²) >= 11 is 0. The standard InChI is InChI=1S/C20H33NO4/c22-11-5-6-12-24-19-14-16(15-7-1-2-8-15)13-18(25-19)20(23)21-17-9-3-4-10-17/h13,15-17,19,22H,1-12,14H2,(H,21,23)/t16-,19+/m0/s1. The number of ether oxygens (including phenoxy) is 2. The van der Waals surface area contributed by atoms with Crippen LogP contribution in [0.15, 0.2) is 11.8 Å². The molecule has 2 atom stereocenters. The molecule has 5 nitrogen and oxygen atoms in total. The van der Waals surface area contributed by atoms with Gasteiger partial charge in [-0.05, 0) is 56.4 Å². The van der Waals surface area contributed by atoms with E-state index < -0.39 is 0 Å². The van der Waals surface area contributed by atoms with E-state index in [1.54, 1.807) is 0 Å². The molecule has 0 bridgehead atoms. The van der Waals surface area contributed by atoms with Crippen molar-refractivity contribution in [3.8, 4) is 0 Å². The van der Waals surface area contributed by atoms with Crippen molar-refractivity contribution in [2.75, 3.05) is 13.2 Å². The normalized spacial score (nSPS) is 28.0. The molecule has 0 aromatic heterocycles. The number of carbonyl (C=O) groups excluding carboxylic acids is 1. The highest BCUT2D eigenvalue weighted by Crippen LogP contribution is 2.38. The molecule has 3 rings (SSSR count). The minimum atomic E-state index is -0.335. The number of carbonyl (C=O) groups is 1. The van der Waals surface area contributed by atoms with Gasteiger partial charge in [-0.3, -0.25) is 4.79 Å². The number of hydrogen-bond acceptors (Lipinski definition) is 4. The number of rotatable bonds is 8. The lowest BCUT2D eigenvalue weighted by atomic mass is 9.86. The van der Waals surface area contributed by atoms with E-state index in [2.05, 4.69) is 11.4 Å². The lowest BCUT2D eigenvalue weighted by Gasteiger charge is -2.32. The molecule has 0 saturated heterocycles. The molecule has 2 aliphatic carbocycles. The second-order valence-electron chi connectivity index (χ2n) is 7.78. The monoisotopic (exact) mass is 351 g/mol. The lowest BCUT2D eigenvalue weighted by Crippen LogP contribution is -2.38. The van der Waals surface area contributed by atoms with Crippen LogP contribution < -0.4 is 5.32 Å². The fourth-order valence-corrected chi connectivity index (χ4v) is 4.41. The van der Waals surface area contributed by atoms with Crippen molar-refractivity contribution in [3.63, 3.8) is 0 Å². The van der Waals surface area contributed by atoms with E-state index in [1.165, 1.54) is 38.5 Å². The van der Waals surface area contributed by atoms with Crippen molar-refractivity contribution in [2.45, 2.75) is 83.0 Å². The van der Waals surface area contributed by atoms with Crippen LogP contribution in [0.25, 0.3) is 0 Å². The van der Waals surface area contributed by atoms with Gasteiger partial charge in [0.1, 0.15) is 0 Å². The number of allylic oxidation sites excluding steroid dienone is 1. The van der Waals surface area contributed by atoms with Gasteiger partial charge in [0.05, 0.1) is 6.61 Å². The number of aliphatic hydroxyl groups excluding tert-OH is 1. The number of hydrogen-bond donors (Lipinski definition) is 2. The van der Waals surface area contributed by atoms with Gasteiger partial charge in [-0.1, -0.05) is 25.7 Å². The van der Waals surface area contributed by atoms with Gasteiger partial charge in [0.2, 0.25) is 6.29 Å². The van der Waals surface area contributed by atoms with Crippen molar-refractivity contribution < 1.29 is 19.4 Å². The fraction of sp³-hybridized carbons (Fsp3) is 0.850. The topological polar surface area (TPSA) is 67.8 Å². The average Bonchev–Trinajstić information content (AvgIpc) is 3.32. The minimum absolute atomic E-state index is 0.0708. The highest BCUT2D eigenvalue weighted by molar-refractivity contribution is 5.91. The summed E-state index contributed by atoms with van der Waals surface area (Å²) in [5.41, 5.74) is 0. The lowest BCUT2D eigenvalue weighted by molar-refractivity contribution is -0.151. The highest BCUT2D eigenvalue weighted by atomic mass is 16.7. The summed E-state index contributed by atoms with van der Waals surface area (Å²) in [6.45, 7) is 0.759. The molecule has 25 heavy (non-hydrogen) atoms. The third-order valence-corrected chi connectivity index (χ3v) is 5.86. The van der Waals surface area contributed by atoms with Crippen LogP contribution in [0, 0.1) is 11.8 Å². The molecule has 1 heterocycles. The van der Waals surface area contributed by atoms with Gasteiger partial charge < -0.3 is 19.9 Å². The Labute approximate surface area is 151 Å². The van der Waals surface area contributed by atoms with Crippen molar-refractivity contribution in [1.82, 2.24) is 5.32 Å². The molecular formula is C20H33NO4. The molecule has 0 unspecified atom stereocenters. The SMILES string of the molecule is O=C(NC1CCCC1)C1=C[C@H](C2CCCC2)C[C@H](OCCCCO)O1. The van der Waals surface area contributed by atoms with E-state index in [1.807, 2.05) is 0 Å². The Hall–Kier alpha value is -1.07. The van der Waals surface area contributed by atoms with Crippen molar-refractivity contribution in [3.05, 3.63) is 11.8 Å². The highest BCUT2D eigenvalue weighted by Gasteiger charge is 2.34. The molecular weight excluding hydrogens is 318 g/mol. The summed E-state index contributed by atoms with van der Waals surface area (Å²) in [5, 5.41) is 12.0. The zero-order valence-electron chi connectivity index (χ0n) is 15.3. The van der Waals surface area contributed by atoms with E-state index in [4.69, 9.17) is 14.6 Å². The molecule has 5 heteroatoms. The van der Waals surface area contributed by atoms with E-state index >= 15 is 0 Å². The smallest absolute Gasteiger partial charge is 0.286 e. The fourth-order valence-electron chi connectivity index (χ4n) is 4.41. The summed E-state index contributed by atoms with van der Waals surface area (Å²) in [6.07, 6.45) is 13.8. The first-order valence-corrected chi connectivity index (χ1v) is 10.2. The summed E-state index contributed by atoms with van der Waals surface area (Å²) in [5.74, 6) is 1.42. The van der Waals surface area contributed by atoms with Crippen LogP contribution in [0.3, 0.4) is 0 Å². The van der Waals surface area contributed by atoms with Crippen LogP contribution >= 0.6 is 0 Å². The van der Waals surface area contributed by atoms with Gasteiger partial charge >= 0.3 is 0 Å². The Morgan fingerprint density at radius 1 is 1.16 bits per heavy atom. The van der Waals surface area contributed by atoms with Crippen molar-refractivity contribution in [2.24, 2.45) is 11.8 Å². The Bertz CT molecular complexity index is 453. The number of nitrogens with one attached hydrogen (secondary N) is 1. The molecule has 0 aromatic rings. The summed E-state index contributed by atoms with van der Waals surface area (Å²) in [6, 6.07) is 0.299. The van der Waals surface area contributed by atoms with Gasteiger partial charge in [0.15, 0.2) is 5.76 Å². The van der Waals surface area contributed by atoms with Gasteiger partial charge in [-0.25, -0.2) is 0 Å². The Morgan fingerprint density at radius 3 is 2.60 bits per heavy atom. The molecule has 1 amide bonds. The second-order valence-corrected chi connectivity index (χ2v) is 7.78. The summed E-state index contributed by atoms with van der Waals surface area (Å²) < 4.78 is 11.8. The quantitative estimate of drug-likeness (QED) is 0.659. The minimum Gasteiger partial charge on any atom is -0.459 e. The van der Waals surface area contributed by atoms with Gasteiger partial charge in [-0.2, -0.15) is 0 Å². The van der Waals surface area contributed by atoms with Crippen LogP contribution in [0.5, 0.6) is 0 Å². The number of amides is 1. The maximum absolute atomic E-state index is 12.6. The summed E-state index contributed by atoms with van der Waals surface area (Å²) in [4.78, 5) is 12.6. The Kier molecular flexibility index (Phi) is 7.17. The van der Waals surface area contributed by atoms with Crippen LogP contribution in [-0.4, -0.2) is 36.6 Å². The molecule has 3 aliphatic rings. The predicted octanol–water partition coefficient (Wildman–Crippen LogP) is 3.27. The van der Waals surface area contributed by atoms with E-state index in [0.717, 1.165) is 32.1 Å². The van der Waals surface area contributed by atoms with E-state index in [0.29, 0.717) is 30.2 Å². The largest absolute Gasteiger partial charge is 0.459 e. The maximum atomic E-state index is 12.6. The van der Waals surface area contributed by atoms with E-state index in [9.17, 15) is 4.79 Å². The van der Waals surface area contributed by atoms with E-state index in [-0.39, 0.29) is 18.8 Å². The number of unbranched alkanes of at least 4 members (excludes halogenated alkanes) is 1. The van der Waals surface area contributed by atoms with Gasteiger partial charge in [0, 0.05) is 19.1 Å². The molecule has 142 valence electrons. The van der Waals surface area contributed by atoms with Crippen LogP contribution in [0.4, 0.5) is 0 Å². The third kappa shape index (κ3) is 5.45. The summed E-state index contributed by atoms with van der Waals surface area (Å²) in [7, 11) is 0. The first kappa shape index (κ1) is 18.7. The second kappa shape index (κ2) is 9.58. The Balaban J connectivity index is 1.59. The molecule has 1 aliphatic heterocycles. The van der Waals surface area contributed by atoms with Crippen molar-refractivity contribution >= 4 is 5.91 Å². The molecule has 2 fully saturated rings. The Morgan fingerprint density at radius 2 is 1.88 bits per heavy atom. The maximum Gasteiger partial charge on any atom is 0.286 e. The zero-order valence-corrected chi connectivity index (χ0v) is 15.3. The third-order valence-electron chi connectivity index (χ3n) is 5.86. The first-order valence-electron chi connectivity index (χ1n) is 10.2. The first-order chi connectivity index (χ1) is 12.3. The molecule has 0 spiro atoms. The van der Waals surface area contributed by atoms with Crippen molar-refractivity contribution in [1.29, 1.82) is 0 Å². The molecule has 2 saturated carbocycles. The van der Waals surface area contributed by atoms with Crippen LogP contribution in [0.2, 0.25) is 0 Å². The predicted molar refractivity (Wildman–Crippen MR) is 95.7 cm³/mol. The zero-order chi connectivity index (χ0) is 17.5. The van der Waals surface area contributed by atoms with Gasteiger partial charge in [-0.15, -0.1) is 0 Å². The van der Waals surface area contributed by atoms with Crippen LogP contribution in [-0.2, 0) is 14.3 Å². The number of aliphatic hydroxyl groups is 1. The molecule has 0 aromatic carbocycles. The molecule has 0 radical (unpaired) electrons. The molecule has 2 N–H and O–H groups in total. The van der Waals surface area contributed by atoms with Crippen LogP contribution in [0.1, 0.15) is 70.6 Å². The van der Waals surface area contributed by atoms with Gasteiger partial charge in [0.25, 0.3) is 5.91 Å². The average molecular weight is 351 g/mol.